The molecule has 0 saturated carbocycles. The number of aryl methyl sites for hydroxylation is 1. The van der Waals surface area contributed by atoms with Crippen molar-refractivity contribution in [2.75, 3.05) is 13.2 Å². The molecule has 2 aliphatic rings. The highest BCUT2D eigenvalue weighted by Gasteiger charge is 2.57. The van der Waals surface area contributed by atoms with Crippen molar-refractivity contribution in [2.24, 2.45) is 0 Å². The summed E-state index contributed by atoms with van der Waals surface area (Å²) in [7, 11) is -4.01. The summed E-state index contributed by atoms with van der Waals surface area (Å²) in [4.78, 5) is 23.4. The highest BCUT2D eigenvalue weighted by Crippen LogP contribution is 2.39. The summed E-state index contributed by atoms with van der Waals surface area (Å²) >= 11 is 0. The van der Waals surface area contributed by atoms with E-state index >= 15 is 0 Å². The minimum atomic E-state index is -4.01. The Labute approximate surface area is 176 Å². The molecular formula is C20H27NO8S. The molecular weight excluding hydrogens is 414 g/mol. The first-order valence-corrected chi connectivity index (χ1v) is 11.1. The lowest BCUT2D eigenvalue weighted by atomic mass is 9.96. The van der Waals surface area contributed by atoms with Gasteiger partial charge in [-0.3, -0.25) is 9.59 Å². The number of carbonyl (C=O) groups is 2. The van der Waals surface area contributed by atoms with E-state index in [0.717, 1.165) is 5.56 Å². The Kier molecular flexibility index (Phi) is 6.24. The Morgan fingerprint density at radius 2 is 1.77 bits per heavy atom. The Morgan fingerprint density at radius 1 is 1.13 bits per heavy atom. The van der Waals surface area contributed by atoms with Crippen LogP contribution in [0.3, 0.4) is 0 Å². The number of ether oxygens (including phenoxy) is 4. The molecule has 0 bridgehead atoms. The molecule has 0 unspecified atom stereocenters. The quantitative estimate of drug-likeness (QED) is 0.631. The average Bonchev–Trinajstić information content (AvgIpc) is 2.94. The number of fused-ring (bicyclic) bond motifs is 1. The van der Waals surface area contributed by atoms with Crippen LogP contribution in [0.25, 0.3) is 0 Å². The van der Waals surface area contributed by atoms with Crippen LogP contribution in [0.1, 0.15) is 33.3 Å². The number of rotatable bonds is 5. The monoisotopic (exact) mass is 441 g/mol. The number of piperidine rings is 1. The van der Waals surface area contributed by atoms with Gasteiger partial charge in [-0.2, -0.15) is 4.31 Å². The third-order valence-corrected chi connectivity index (χ3v) is 6.95. The highest BCUT2D eigenvalue weighted by molar-refractivity contribution is 7.89. The summed E-state index contributed by atoms with van der Waals surface area (Å²) in [5, 5.41) is 0. The highest BCUT2D eigenvalue weighted by atomic mass is 32.2. The summed E-state index contributed by atoms with van der Waals surface area (Å²) in [6.07, 6.45) is -2.37. The van der Waals surface area contributed by atoms with Crippen LogP contribution in [0.15, 0.2) is 29.2 Å². The molecule has 0 spiro atoms. The number of hydrogen-bond acceptors (Lipinski definition) is 8. The van der Waals surface area contributed by atoms with Gasteiger partial charge in [-0.05, 0) is 32.9 Å². The molecule has 0 aliphatic carbocycles. The fraction of sp³-hybridized carbons (Fsp3) is 0.600. The fourth-order valence-corrected chi connectivity index (χ4v) is 5.45. The summed E-state index contributed by atoms with van der Waals surface area (Å²) in [5.41, 5.74) is 0.913. The van der Waals surface area contributed by atoms with Crippen molar-refractivity contribution in [3.05, 3.63) is 29.8 Å². The molecule has 9 nitrogen and oxygen atoms in total. The largest absolute Gasteiger partial charge is 0.464 e. The summed E-state index contributed by atoms with van der Waals surface area (Å²) in [6.45, 7) is 7.40. The molecule has 30 heavy (non-hydrogen) atoms. The maximum Gasteiger partial charge on any atom is 0.303 e. The minimum absolute atomic E-state index is 0.0337. The van der Waals surface area contributed by atoms with E-state index in [-0.39, 0.29) is 18.0 Å². The second kappa shape index (κ2) is 8.26. The van der Waals surface area contributed by atoms with Gasteiger partial charge in [-0.15, -0.1) is 0 Å². The number of sulfonamides is 1. The third-order valence-electron chi connectivity index (χ3n) is 5.04. The lowest BCUT2D eigenvalue weighted by Crippen LogP contribution is -2.64. The normalized spacial score (nSPS) is 28.6. The molecule has 166 valence electrons. The topological polar surface area (TPSA) is 108 Å². The van der Waals surface area contributed by atoms with Crippen molar-refractivity contribution in [3.63, 3.8) is 0 Å². The first-order chi connectivity index (χ1) is 13.9. The molecule has 0 radical (unpaired) electrons. The van der Waals surface area contributed by atoms with Gasteiger partial charge in [0.1, 0.15) is 18.8 Å². The van der Waals surface area contributed by atoms with E-state index < -0.39 is 52.1 Å². The lowest BCUT2D eigenvalue weighted by Gasteiger charge is -2.43. The van der Waals surface area contributed by atoms with E-state index in [1.807, 2.05) is 6.92 Å². The van der Waals surface area contributed by atoms with Crippen molar-refractivity contribution in [2.45, 2.75) is 69.7 Å². The molecule has 2 fully saturated rings. The Balaban J connectivity index is 2.04. The van der Waals surface area contributed by atoms with Crippen molar-refractivity contribution < 1.29 is 37.0 Å². The second-order valence-corrected chi connectivity index (χ2v) is 9.86. The number of hydrogen-bond donors (Lipinski definition) is 0. The number of esters is 2. The maximum absolute atomic E-state index is 13.5. The Bertz CT molecular complexity index is 911. The number of carbonyl (C=O) groups excluding carboxylic acids is 2. The summed E-state index contributed by atoms with van der Waals surface area (Å²) in [5.74, 6) is -2.16. The van der Waals surface area contributed by atoms with Crippen LogP contribution in [0.2, 0.25) is 0 Å². The molecule has 1 aromatic rings. The van der Waals surface area contributed by atoms with Gasteiger partial charge in [-0.25, -0.2) is 8.42 Å². The zero-order valence-corrected chi connectivity index (χ0v) is 18.5. The smallest absolute Gasteiger partial charge is 0.303 e. The first kappa shape index (κ1) is 22.7. The molecule has 4 atom stereocenters. The van der Waals surface area contributed by atoms with Crippen molar-refractivity contribution in [1.29, 1.82) is 0 Å². The minimum Gasteiger partial charge on any atom is -0.464 e. The van der Waals surface area contributed by atoms with Crippen LogP contribution < -0.4 is 0 Å². The number of benzene rings is 1. The standard InChI is InChI=1S/C20H27NO8S/c1-12-6-8-15(9-7-12)30(24,25)21-10-17-19(29-20(4,5)28-17)18(27-14(3)23)16(21)11-26-13(2)22/h6-9,16-19H,10-11H2,1-5H3/t16-,17-,18+,19+/m0/s1. The van der Waals surface area contributed by atoms with Crippen molar-refractivity contribution >= 4 is 22.0 Å². The van der Waals surface area contributed by atoms with Gasteiger partial charge in [0, 0.05) is 20.4 Å². The van der Waals surface area contributed by atoms with E-state index in [4.69, 9.17) is 18.9 Å². The van der Waals surface area contributed by atoms with Gasteiger partial charge in [0.05, 0.1) is 10.9 Å². The molecule has 2 aliphatic heterocycles. The van der Waals surface area contributed by atoms with E-state index in [9.17, 15) is 18.0 Å². The maximum atomic E-state index is 13.5. The van der Waals surface area contributed by atoms with E-state index in [1.165, 1.54) is 30.3 Å². The van der Waals surface area contributed by atoms with Crippen LogP contribution >= 0.6 is 0 Å². The number of nitrogens with zero attached hydrogens (tertiary/aromatic N) is 1. The Morgan fingerprint density at radius 3 is 2.33 bits per heavy atom. The summed E-state index contributed by atoms with van der Waals surface area (Å²) in [6, 6.07) is 5.45. The summed E-state index contributed by atoms with van der Waals surface area (Å²) < 4.78 is 50.6. The Hall–Kier alpha value is -2.01. The fourth-order valence-electron chi connectivity index (χ4n) is 3.82. The second-order valence-electron chi connectivity index (χ2n) is 7.97. The molecule has 3 rings (SSSR count). The molecule has 10 heteroatoms. The molecule has 1 aromatic carbocycles. The van der Waals surface area contributed by atoms with Crippen LogP contribution in [0.5, 0.6) is 0 Å². The van der Waals surface area contributed by atoms with Gasteiger partial charge in [0.25, 0.3) is 0 Å². The van der Waals surface area contributed by atoms with Crippen LogP contribution in [0.4, 0.5) is 0 Å². The molecule has 2 saturated heterocycles. The van der Waals surface area contributed by atoms with Gasteiger partial charge in [-0.1, -0.05) is 17.7 Å². The lowest BCUT2D eigenvalue weighted by molar-refractivity contribution is -0.177. The van der Waals surface area contributed by atoms with Crippen LogP contribution in [-0.2, 0) is 38.6 Å². The van der Waals surface area contributed by atoms with Gasteiger partial charge in [0.15, 0.2) is 11.9 Å². The van der Waals surface area contributed by atoms with Crippen LogP contribution in [0, 0.1) is 6.92 Å². The van der Waals surface area contributed by atoms with Gasteiger partial charge in [0.2, 0.25) is 10.0 Å². The third kappa shape index (κ3) is 4.66. The molecule has 2 heterocycles. The first-order valence-electron chi connectivity index (χ1n) is 9.65. The molecule has 0 aromatic heterocycles. The van der Waals surface area contributed by atoms with Gasteiger partial charge >= 0.3 is 11.9 Å². The van der Waals surface area contributed by atoms with Crippen LogP contribution in [-0.4, -0.2) is 68.0 Å². The molecule has 0 N–H and O–H groups in total. The van der Waals surface area contributed by atoms with E-state index in [0.29, 0.717) is 0 Å². The van der Waals surface area contributed by atoms with Gasteiger partial charge < -0.3 is 18.9 Å². The zero-order valence-electron chi connectivity index (χ0n) is 17.7. The van der Waals surface area contributed by atoms with Crippen molar-refractivity contribution in [3.8, 4) is 0 Å². The molecule has 0 amide bonds. The SMILES string of the molecule is CC(=O)OC[C@H]1[C@@H](OC(C)=O)[C@@H]2OC(C)(C)O[C@H]2CN1S(=O)(=O)c1ccc(C)cc1. The predicted octanol–water partition coefficient (Wildman–Crippen LogP) is 1.38. The van der Waals surface area contributed by atoms with Crippen molar-refractivity contribution in [1.82, 2.24) is 4.31 Å². The zero-order chi connectivity index (χ0) is 22.3. The average molecular weight is 442 g/mol. The van der Waals surface area contributed by atoms with E-state index in [2.05, 4.69) is 0 Å². The van der Waals surface area contributed by atoms with E-state index in [1.54, 1.807) is 26.0 Å². The predicted molar refractivity (Wildman–Crippen MR) is 105 cm³/mol.